The topological polar surface area (TPSA) is 118 Å². The molecule has 0 bridgehead atoms. The summed E-state index contributed by atoms with van der Waals surface area (Å²) in [7, 11) is 7.88. The van der Waals surface area contributed by atoms with Gasteiger partial charge < -0.3 is 29.7 Å². The zero-order chi connectivity index (χ0) is 30.5. The van der Waals surface area contributed by atoms with Crippen LogP contribution in [0.15, 0.2) is 74.1 Å². The first-order chi connectivity index (χ1) is 21.4. The molecule has 1 amide bonds. The molecule has 224 valence electrons. The summed E-state index contributed by atoms with van der Waals surface area (Å²) in [5, 5.41) is 11.7. The summed E-state index contributed by atoms with van der Waals surface area (Å²) in [4.78, 5) is 30.9. The summed E-state index contributed by atoms with van der Waals surface area (Å²) in [5.41, 5.74) is 5.52. The molecule has 2 aliphatic rings. The monoisotopic (exact) mass is 590 g/mol. The number of hydrogen-bond acceptors (Lipinski definition) is 9. The molecule has 2 N–H and O–H groups in total. The van der Waals surface area contributed by atoms with E-state index in [1.54, 1.807) is 24.3 Å². The number of likely N-dealkylation sites (tertiary alicyclic amines) is 1. The molecule has 1 aliphatic carbocycles. The van der Waals surface area contributed by atoms with Crippen molar-refractivity contribution in [2.75, 3.05) is 49.8 Å². The zero-order valence-electron chi connectivity index (χ0n) is 25.1. The van der Waals surface area contributed by atoms with E-state index in [4.69, 9.17) is 9.72 Å². The SMILES string of the molecule is C=CC(=O)Nc1cc(Nc2ncc(-n3cncn3)c(-c3cn(C)c4ccccc34)n2)c(OC)cc1N(C)C1[C@H]2CN(C)C[C@@H]12. The maximum absolute atomic E-state index is 12.5. The smallest absolute Gasteiger partial charge is 0.247 e. The molecular formula is C32H34N10O2. The van der Waals surface area contributed by atoms with E-state index in [1.165, 1.54) is 12.4 Å². The van der Waals surface area contributed by atoms with Crippen molar-refractivity contribution in [1.29, 1.82) is 0 Å². The van der Waals surface area contributed by atoms with Gasteiger partial charge in [-0.1, -0.05) is 24.8 Å². The maximum atomic E-state index is 12.5. The number of aromatic nitrogens is 6. The number of ether oxygens (including phenoxy) is 1. The van der Waals surface area contributed by atoms with E-state index in [1.807, 2.05) is 31.3 Å². The highest BCUT2D eigenvalue weighted by molar-refractivity contribution is 6.02. The van der Waals surface area contributed by atoms with Crippen molar-refractivity contribution in [3.8, 4) is 22.7 Å². The number of amides is 1. The molecule has 2 aromatic carbocycles. The van der Waals surface area contributed by atoms with Crippen LogP contribution in [0.2, 0.25) is 0 Å². The van der Waals surface area contributed by atoms with Gasteiger partial charge in [-0.15, -0.1) is 0 Å². The molecule has 12 heteroatoms. The highest BCUT2D eigenvalue weighted by Gasteiger charge is 2.57. The number of nitrogens with one attached hydrogen (secondary N) is 2. The third kappa shape index (κ3) is 4.73. The molecule has 4 heterocycles. The Morgan fingerprint density at radius 1 is 1.16 bits per heavy atom. The molecular weight excluding hydrogens is 556 g/mol. The number of aryl methyl sites for hydroxylation is 1. The molecule has 44 heavy (non-hydrogen) atoms. The minimum absolute atomic E-state index is 0.293. The van der Waals surface area contributed by atoms with E-state index in [2.05, 4.69) is 79.1 Å². The van der Waals surface area contributed by atoms with Crippen LogP contribution >= 0.6 is 0 Å². The average molecular weight is 591 g/mol. The number of rotatable bonds is 9. The Morgan fingerprint density at radius 3 is 2.68 bits per heavy atom. The molecule has 1 unspecified atom stereocenters. The molecule has 7 rings (SSSR count). The van der Waals surface area contributed by atoms with Gasteiger partial charge in [-0.25, -0.2) is 19.6 Å². The lowest BCUT2D eigenvalue weighted by atomic mass is 10.1. The molecule has 0 radical (unpaired) electrons. The number of piperidine rings is 1. The van der Waals surface area contributed by atoms with Crippen LogP contribution < -0.4 is 20.3 Å². The maximum Gasteiger partial charge on any atom is 0.247 e. The fourth-order valence-electron chi connectivity index (χ4n) is 6.64. The second-order valence-corrected chi connectivity index (χ2v) is 11.5. The molecule has 3 atom stereocenters. The van der Waals surface area contributed by atoms with Gasteiger partial charge in [0.25, 0.3) is 0 Å². The van der Waals surface area contributed by atoms with Crippen LogP contribution in [0.1, 0.15) is 0 Å². The highest BCUT2D eigenvalue weighted by atomic mass is 16.5. The van der Waals surface area contributed by atoms with Crippen molar-refractivity contribution in [3.05, 3.63) is 74.1 Å². The zero-order valence-corrected chi connectivity index (χ0v) is 25.1. The first-order valence-electron chi connectivity index (χ1n) is 14.5. The van der Waals surface area contributed by atoms with Crippen molar-refractivity contribution in [1.82, 2.24) is 34.2 Å². The molecule has 1 saturated carbocycles. The van der Waals surface area contributed by atoms with Gasteiger partial charge in [0.2, 0.25) is 11.9 Å². The normalized spacial score (nSPS) is 19.0. The summed E-state index contributed by atoms with van der Waals surface area (Å²) in [6.45, 7) is 5.79. The van der Waals surface area contributed by atoms with Gasteiger partial charge in [-0.05, 0) is 37.1 Å². The van der Waals surface area contributed by atoms with E-state index in [9.17, 15) is 4.79 Å². The largest absolute Gasteiger partial charge is 0.494 e. The number of fused-ring (bicyclic) bond motifs is 2. The van der Waals surface area contributed by atoms with Crippen molar-refractivity contribution in [3.63, 3.8) is 0 Å². The number of methoxy groups -OCH3 is 1. The first-order valence-corrected chi connectivity index (χ1v) is 14.5. The lowest BCUT2D eigenvalue weighted by Crippen LogP contribution is -2.31. The minimum atomic E-state index is -0.293. The lowest BCUT2D eigenvalue weighted by Gasteiger charge is -2.27. The van der Waals surface area contributed by atoms with Crippen LogP contribution in [0.5, 0.6) is 5.75 Å². The first kappa shape index (κ1) is 27.6. The van der Waals surface area contributed by atoms with Gasteiger partial charge in [0.1, 0.15) is 29.8 Å². The van der Waals surface area contributed by atoms with E-state index >= 15 is 0 Å². The summed E-state index contributed by atoms with van der Waals surface area (Å²) in [6.07, 6.45) is 8.15. The standard InChI is InChI=1S/C32H34N10O2/c1-6-29(43)36-23-11-24(28(44-5)12-26(23)41(4)31-21-14-39(2)15-22(21)31)37-32-34-13-27(42-18-33-17-35-42)30(38-32)20-16-40(3)25-10-8-7-9-19(20)25/h6-13,16-18,21-22,31H,1,14-15H2,2-5H3,(H,36,43)(H,34,37,38)/t21-,22+,31?. The number of nitrogens with zero attached hydrogens (tertiary/aromatic N) is 8. The molecule has 1 aliphatic heterocycles. The second kappa shape index (κ2) is 10.8. The molecule has 5 aromatic rings. The Morgan fingerprint density at radius 2 is 1.95 bits per heavy atom. The van der Waals surface area contributed by atoms with Crippen LogP contribution in [-0.4, -0.2) is 80.4 Å². The van der Waals surface area contributed by atoms with Crippen LogP contribution in [0.25, 0.3) is 27.8 Å². The number of para-hydroxylation sites is 1. The Labute approximate surface area is 255 Å². The summed E-state index contributed by atoms with van der Waals surface area (Å²) in [5.74, 6) is 1.89. The lowest BCUT2D eigenvalue weighted by molar-refractivity contribution is -0.111. The van der Waals surface area contributed by atoms with Gasteiger partial charge in [0.15, 0.2) is 0 Å². The van der Waals surface area contributed by atoms with E-state index in [0.29, 0.717) is 52.3 Å². The van der Waals surface area contributed by atoms with Crippen LogP contribution in [-0.2, 0) is 11.8 Å². The van der Waals surface area contributed by atoms with E-state index in [-0.39, 0.29) is 5.91 Å². The molecule has 1 saturated heterocycles. The van der Waals surface area contributed by atoms with Gasteiger partial charge in [0.05, 0.1) is 30.4 Å². The number of hydrogen-bond donors (Lipinski definition) is 2. The number of benzene rings is 2. The minimum Gasteiger partial charge on any atom is -0.494 e. The van der Waals surface area contributed by atoms with Crippen LogP contribution in [0.3, 0.4) is 0 Å². The van der Waals surface area contributed by atoms with Gasteiger partial charge in [-0.2, -0.15) is 5.10 Å². The second-order valence-electron chi connectivity index (χ2n) is 11.5. The van der Waals surface area contributed by atoms with Gasteiger partial charge in [-0.3, -0.25) is 4.79 Å². The predicted molar refractivity (Wildman–Crippen MR) is 171 cm³/mol. The van der Waals surface area contributed by atoms with E-state index < -0.39 is 0 Å². The molecule has 0 spiro atoms. The van der Waals surface area contributed by atoms with Gasteiger partial charge in [0, 0.05) is 62.0 Å². The number of carbonyl (C=O) groups excluding carboxylic acids is 1. The fourth-order valence-corrected chi connectivity index (χ4v) is 6.64. The van der Waals surface area contributed by atoms with Crippen LogP contribution in [0.4, 0.5) is 23.0 Å². The predicted octanol–water partition coefficient (Wildman–Crippen LogP) is 4.09. The Hall–Kier alpha value is -5.23. The number of carbonyl (C=O) groups is 1. The van der Waals surface area contributed by atoms with Crippen molar-refractivity contribution >= 4 is 39.8 Å². The number of anilines is 4. The summed E-state index contributed by atoms with van der Waals surface area (Å²) >= 11 is 0. The molecule has 3 aromatic heterocycles. The van der Waals surface area contributed by atoms with E-state index in [0.717, 1.165) is 35.2 Å². The summed E-state index contributed by atoms with van der Waals surface area (Å²) < 4.78 is 9.58. The Bertz CT molecular complexity index is 1870. The average Bonchev–Trinajstić information content (AvgIpc) is 3.44. The van der Waals surface area contributed by atoms with Crippen molar-refractivity contribution in [2.24, 2.45) is 18.9 Å². The Kier molecular flexibility index (Phi) is 6.77. The third-order valence-electron chi connectivity index (χ3n) is 8.75. The molecule has 2 fully saturated rings. The molecule has 12 nitrogen and oxygen atoms in total. The van der Waals surface area contributed by atoms with Crippen molar-refractivity contribution in [2.45, 2.75) is 6.04 Å². The quantitative estimate of drug-likeness (QED) is 0.245. The summed E-state index contributed by atoms with van der Waals surface area (Å²) in [6, 6.07) is 12.4. The van der Waals surface area contributed by atoms with Crippen molar-refractivity contribution < 1.29 is 9.53 Å². The highest BCUT2D eigenvalue weighted by Crippen LogP contribution is 2.51. The van der Waals surface area contributed by atoms with Crippen LogP contribution in [0, 0.1) is 11.8 Å². The Balaban J connectivity index is 1.29. The van der Waals surface area contributed by atoms with Gasteiger partial charge >= 0.3 is 0 Å². The third-order valence-corrected chi connectivity index (χ3v) is 8.75. The fraction of sp³-hybridized carbons (Fsp3) is 0.281.